The van der Waals surface area contributed by atoms with Crippen LogP contribution in [0.15, 0.2) is 42.7 Å². The molecule has 0 unspecified atom stereocenters. The van der Waals surface area contributed by atoms with Crippen LogP contribution in [0.3, 0.4) is 0 Å². The van der Waals surface area contributed by atoms with Crippen LogP contribution in [0.2, 0.25) is 0 Å². The van der Waals surface area contributed by atoms with E-state index in [9.17, 15) is 0 Å². The highest BCUT2D eigenvalue weighted by Gasteiger charge is 2.05. The summed E-state index contributed by atoms with van der Waals surface area (Å²) < 4.78 is 5.28. The fourth-order valence-electron chi connectivity index (χ4n) is 2.06. The van der Waals surface area contributed by atoms with Crippen LogP contribution in [-0.2, 0) is 6.42 Å². The number of hydrogen-bond donors (Lipinski definition) is 0. The molecule has 0 aliphatic heterocycles. The monoisotopic (exact) mass is 241 g/mol. The van der Waals surface area contributed by atoms with Crippen molar-refractivity contribution in [1.82, 2.24) is 4.98 Å². The molecule has 0 bridgehead atoms. The lowest BCUT2D eigenvalue weighted by Gasteiger charge is -2.09. The molecule has 2 nitrogen and oxygen atoms in total. The van der Waals surface area contributed by atoms with Crippen molar-refractivity contribution in [3.63, 3.8) is 0 Å². The molecular weight excluding hydrogens is 222 g/mol. The molecule has 0 saturated carbocycles. The maximum Gasteiger partial charge on any atom is 0.119 e. The number of rotatable bonds is 5. The molecule has 0 atom stereocenters. The lowest BCUT2D eigenvalue weighted by atomic mass is 9.98. The van der Waals surface area contributed by atoms with Crippen LogP contribution in [0.5, 0.6) is 5.75 Å². The van der Waals surface area contributed by atoms with Crippen LogP contribution in [0.4, 0.5) is 0 Å². The van der Waals surface area contributed by atoms with E-state index in [1.807, 2.05) is 24.5 Å². The maximum atomic E-state index is 5.28. The highest BCUT2D eigenvalue weighted by molar-refractivity contribution is 5.67. The Morgan fingerprint density at radius 1 is 1.22 bits per heavy atom. The fourth-order valence-corrected chi connectivity index (χ4v) is 2.06. The summed E-state index contributed by atoms with van der Waals surface area (Å²) >= 11 is 0. The first-order valence-electron chi connectivity index (χ1n) is 6.42. The second-order valence-electron chi connectivity index (χ2n) is 4.37. The molecule has 0 saturated heterocycles. The molecular formula is C16H19NO. The SMILES string of the molecule is CCCCc1ccncc1-c1cccc(OC)c1. The second kappa shape index (κ2) is 6.20. The van der Waals surface area contributed by atoms with Crippen LogP contribution >= 0.6 is 0 Å². The van der Waals surface area contributed by atoms with E-state index in [-0.39, 0.29) is 0 Å². The van der Waals surface area contributed by atoms with Gasteiger partial charge in [0.15, 0.2) is 0 Å². The number of ether oxygens (including phenoxy) is 1. The first-order valence-corrected chi connectivity index (χ1v) is 6.42. The molecule has 0 spiro atoms. The van der Waals surface area contributed by atoms with Gasteiger partial charge in [-0.15, -0.1) is 0 Å². The number of aromatic nitrogens is 1. The van der Waals surface area contributed by atoms with E-state index in [0.29, 0.717) is 0 Å². The van der Waals surface area contributed by atoms with Crippen LogP contribution in [-0.4, -0.2) is 12.1 Å². The van der Waals surface area contributed by atoms with E-state index in [4.69, 9.17) is 4.74 Å². The molecule has 0 fully saturated rings. The van der Waals surface area contributed by atoms with Gasteiger partial charge in [0, 0.05) is 18.0 Å². The van der Waals surface area contributed by atoms with Crippen molar-refractivity contribution in [3.8, 4) is 16.9 Å². The van der Waals surface area contributed by atoms with Gasteiger partial charge < -0.3 is 4.74 Å². The van der Waals surface area contributed by atoms with Crippen molar-refractivity contribution >= 4 is 0 Å². The Balaban J connectivity index is 2.36. The summed E-state index contributed by atoms with van der Waals surface area (Å²) in [7, 11) is 1.69. The smallest absolute Gasteiger partial charge is 0.119 e. The standard InChI is InChI=1S/C16H19NO/c1-3-4-6-13-9-10-17-12-16(13)14-7-5-8-15(11-14)18-2/h5,7-12H,3-4,6H2,1-2H3. The van der Waals surface area contributed by atoms with Gasteiger partial charge in [0.25, 0.3) is 0 Å². The van der Waals surface area contributed by atoms with Crippen molar-refractivity contribution in [1.29, 1.82) is 0 Å². The number of hydrogen-bond acceptors (Lipinski definition) is 2. The molecule has 2 rings (SSSR count). The third kappa shape index (κ3) is 2.89. The summed E-state index contributed by atoms with van der Waals surface area (Å²) in [5.41, 5.74) is 3.75. The van der Waals surface area contributed by atoms with Crippen LogP contribution in [0.1, 0.15) is 25.3 Å². The largest absolute Gasteiger partial charge is 0.497 e. The lowest BCUT2D eigenvalue weighted by Crippen LogP contribution is -1.92. The summed E-state index contributed by atoms with van der Waals surface area (Å²) in [5, 5.41) is 0. The van der Waals surface area contributed by atoms with Gasteiger partial charge in [0.1, 0.15) is 5.75 Å². The quantitative estimate of drug-likeness (QED) is 0.786. The predicted octanol–water partition coefficient (Wildman–Crippen LogP) is 4.10. The van der Waals surface area contributed by atoms with E-state index >= 15 is 0 Å². The minimum Gasteiger partial charge on any atom is -0.497 e. The van der Waals surface area contributed by atoms with Gasteiger partial charge >= 0.3 is 0 Å². The van der Waals surface area contributed by atoms with Crippen LogP contribution in [0, 0.1) is 0 Å². The van der Waals surface area contributed by atoms with Gasteiger partial charge in [-0.1, -0.05) is 25.5 Å². The Kier molecular flexibility index (Phi) is 4.35. The molecule has 1 aromatic carbocycles. The topological polar surface area (TPSA) is 22.1 Å². The molecule has 0 N–H and O–H groups in total. The third-order valence-electron chi connectivity index (χ3n) is 3.09. The summed E-state index contributed by atoms with van der Waals surface area (Å²) in [6, 6.07) is 10.3. The highest BCUT2D eigenvalue weighted by Crippen LogP contribution is 2.27. The molecule has 2 aromatic rings. The zero-order valence-corrected chi connectivity index (χ0v) is 11.0. The molecule has 0 radical (unpaired) electrons. The van der Waals surface area contributed by atoms with E-state index in [0.717, 1.165) is 12.2 Å². The van der Waals surface area contributed by atoms with Crippen molar-refractivity contribution in [2.45, 2.75) is 26.2 Å². The van der Waals surface area contributed by atoms with Crippen molar-refractivity contribution in [2.75, 3.05) is 7.11 Å². The second-order valence-corrected chi connectivity index (χ2v) is 4.37. The molecule has 18 heavy (non-hydrogen) atoms. The average molecular weight is 241 g/mol. The normalized spacial score (nSPS) is 10.3. The fraction of sp³-hybridized carbons (Fsp3) is 0.312. The summed E-state index contributed by atoms with van der Waals surface area (Å²) in [6.07, 6.45) is 7.33. The van der Waals surface area contributed by atoms with Crippen molar-refractivity contribution < 1.29 is 4.74 Å². The van der Waals surface area contributed by atoms with Crippen molar-refractivity contribution in [3.05, 3.63) is 48.3 Å². The molecule has 1 aromatic heterocycles. The zero-order chi connectivity index (χ0) is 12.8. The van der Waals surface area contributed by atoms with Crippen molar-refractivity contribution in [2.24, 2.45) is 0 Å². The zero-order valence-electron chi connectivity index (χ0n) is 11.0. The van der Waals surface area contributed by atoms with Gasteiger partial charge in [-0.25, -0.2) is 0 Å². The van der Waals surface area contributed by atoms with Gasteiger partial charge in [-0.05, 0) is 42.2 Å². The lowest BCUT2D eigenvalue weighted by molar-refractivity contribution is 0.415. The number of unbranched alkanes of at least 4 members (excludes halogenated alkanes) is 1. The molecule has 1 heterocycles. The average Bonchev–Trinajstić information content (AvgIpc) is 2.45. The number of pyridine rings is 1. The summed E-state index contributed by atoms with van der Waals surface area (Å²) in [4.78, 5) is 4.24. The molecule has 0 aliphatic carbocycles. The maximum absolute atomic E-state index is 5.28. The number of methoxy groups -OCH3 is 1. The minimum absolute atomic E-state index is 0.887. The van der Waals surface area contributed by atoms with E-state index in [1.165, 1.54) is 29.5 Å². The number of aryl methyl sites for hydroxylation is 1. The summed E-state index contributed by atoms with van der Waals surface area (Å²) in [6.45, 7) is 2.21. The van der Waals surface area contributed by atoms with E-state index in [1.54, 1.807) is 7.11 Å². The Bertz CT molecular complexity index is 508. The first-order chi connectivity index (χ1) is 8.85. The number of benzene rings is 1. The highest BCUT2D eigenvalue weighted by atomic mass is 16.5. The Morgan fingerprint density at radius 2 is 2.11 bits per heavy atom. The Labute approximate surface area is 109 Å². The molecule has 2 heteroatoms. The first kappa shape index (κ1) is 12.6. The van der Waals surface area contributed by atoms with Crippen LogP contribution in [0.25, 0.3) is 11.1 Å². The van der Waals surface area contributed by atoms with Gasteiger partial charge in [0.05, 0.1) is 7.11 Å². The van der Waals surface area contributed by atoms with E-state index in [2.05, 4.69) is 30.1 Å². The predicted molar refractivity (Wildman–Crippen MR) is 74.8 cm³/mol. The Morgan fingerprint density at radius 3 is 2.89 bits per heavy atom. The summed E-state index contributed by atoms with van der Waals surface area (Å²) in [5.74, 6) is 0.887. The van der Waals surface area contributed by atoms with Gasteiger partial charge in [-0.2, -0.15) is 0 Å². The Hall–Kier alpha value is -1.83. The molecule has 94 valence electrons. The van der Waals surface area contributed by atoms with Gasteiger partial charge in [0.2, 0.25) is 0 Å². The van der Waals surface area contributed by atoms with Gasteiger partial charge in [-0.3, -0.25) is 4.98 Å². The molecule has 0 amide bonds. The molecule has 0 aliphatic rings. The van der Waals surface area contributed by atoms with Crippen LogP contribution < -0.4 is 4.74 Å². The minimum atomic E-state index is 0.887. The number of nitrogens with zero attached hydrogens (tertiary/aromatic N) is 1. The third-order valence-corrected chi connectivity index (χ3v) is 3.09. The van der Waals surface area contributed by atoms with E-state index < -0.39 is 0 Å².